The molecule has 1 amide bonds. The van der Waals surface area contributed by atoms with Gasteiger partial charge in [0.1, 0.15) is 11.6 Å². The summed E-state index contributed by atoms with van der Waals surface area (Å²) < 4.78 is 5.39. The van der Waals surface area contributed by atoms with Crippen molar-refractivity contribution in [3.05, 3.63) is 77.3 Å². The van der Waals surface area contributed by atoms with Gasteiger partial charge in [-0.15, -0.1) is 0 Å². The summed E-state index contributed by atoms with van der Waals surface area (Å²) in [7, 11) is 0. The van der Waals surface area contributed by atoms with Crippen molar-refractivity contribution in [1.29, 1.82) is 0 Å². The molecule has 0 aliphatic heterocycles. The molecule has 8 heteroatoms. The van der Waals surface area contributed by atoms with Crippen molar-refractivity contribution in [2.75, 3.05) is 11.9 Å². The number of hydrogen-bond donors (Lipinski definition) is 3. The number of fused-ring (bicyclic) bond motifs is 1. The van der Waals surface area contributed by atoms with Crippen LogP contribution in [-0.4, -0.2) is 27.6 Å². The summed E-state index contributed by atoms with van der Waals surface area (Å²) in [5, 5.41) is 6.26. The third-order valence-electron chi connectivity index (χ3n) is 4.53. The summed E-state index contributed by atoms with van der Waals surface area (Å²) in [6.07, 6.45) is 0. The largest absolute Gasteiger partial charge is 0.494 e. The highest BCUT2D eigenvalue weighted by molar-refractivity contribution is 7.80. The second-order valence-corrected chi connectivity index (χ2v) is 7.48. The summed E-state index contributed by atoms with van der Waals surface area (Å²) in [6.45, 7) is 2.46. The van der Waals surface area contributed by atoms with Crippen LogP contribution in [0.25, 0.3) is 22.4 Å². The van der Waals surface area contributed by atoms with Crippen LogP contribution >= 0.6 is 23.8 Å². The Morgan fingerprint density at radius 2 is 1.90 bits per heavy atom. The standard InChI is InChI=1S/C23H19ClN4O2S/c1-2-30-16-10-7-14(8-11-16)22(29)28-23(31)27-20-13-15(9-12-17(20)24)21-25-18-5-3-4-6-19(18)26-21/h3-13H,2H2,1H3,(H,25,26)(H2,27,28,29,31). The molecule has 0 unspecified atom stereocenters. The van der Waals surface area contributed by atoms with Crippen LogP contribution in [0, 0.1) is 0 Å². The number of carbonyl (C=O) groups excluding carboxylic acids is 1. The number of carbonyl (C=O) groups is 1. The Labute approximate surface area is 189 Å². The zero-order chi connectivity index (χ0) is 21.8. The summed E-state index contributed by atoms with van der Waals surface area (Å²) in [4.78, 5) is 20.3. The van der Waals surface area contributed by atoms with Gasteiger partial charge in [0.15, 0.2) is 5.11 Å². The van der Waals surface area contributed by atoms with E-state index in [0.29, 0.717) is 34.5 Å². The number of nitrogens with one attached hydrogen (secondary N) is 3. The van der Waals surface area contributed by atoms with E-state index >= 15 is 0 Å². The number of aromatic amines is 1. The fraction of sp³-hybridized carbons (Fsp3) is 0.0870. The molecule has 4 aromatic rings. The van der Waals surface area contributed by atoms with E-state index in [4.69, 9.17) is 28.6 Å². The first-order valence-electron chi connectivity index (χ1n) is 9.63. The number of H-pyrrole nitrogens is 1. The van der Waals surface area contributed by atoms with Crippen LogP contribution in [0.3, 0.4) is 0 Å². The summed E-state index contributed by atoms with van der Waals surface area (Å²) in [5.74, 6) is 1.09. The van der Waals surface area contributed by atoms with Gasteiger partial charge in [-0.25, -0.2) is 4.98 Å². The lowest BCUT2D eigenvalue weighted by Gasteiger charge is -2.12. The molecule has 0 saturated heterocycles. The minimum absolute atomic E-state index is 0.141. The molecule has 3 aromatic carbocycles. The van der Waals surface area contributed by atoms with Crippen molar-refractivity contribution in [3.63, 3.8) is 0 Å². The summed E-state index contributed by atoms with van der Waals surface area (Å²) in [6, 6.07) is 20.1. The lowest BCUT2D eigenvalue weighted by atomic mass is 10.2. The maximum Gasteiger partial charge on any atom is 0.257 e. The van der Waals surface area contributed by atoms with Crippen LogP contribution in [-0.2, 0) is 0 Å². The molecule has 4 rings (SSSR count). The monoisotopic (exact) mass is 450 g/mol. The minimum Gasteiger partial charge on any atom is -0.494 e. The van der Waals surface area contributed by atoms with Gasteiger partial charge in [-0.05, 0) is 73.7 Å². The lowest BCUT2D eigenvalue weighted by Crippen LogP contribution is -2.34. The number of anilines is 1. The van der Waals surface area contributed by atoms with Gasteiger partial charge in [-0.1, -0.05) is 23.7 Å². The SMILES string of the molecule is CCOc1ccc(C(=O)NC(=S)Nc2cc(-c3nc4ccccc4[nH]3)ccc2Cl)cc1. The summed E-state index contributed by atoms with van der Waals surface area (Å²) in [5.41, 5.74) is 3.69. The van der Waals surface area contributed by atoms with E-state index in [-0.39, 0.29) is 11.0 Å². The molecule has 31 heavy (non-hydrogen) atoms. The van der Waals surface area contributed by atoms with Crippen molar-refractivity contribution >= 4 is 51.6 Å². The van der Waals surface area contributed by atoms with E-state index in [0.717, 1.165) is 16.6 Å². The van der Waals surface area contributed by atoms with E-state index in [2.05, 4.69) is 20.6 Å². The number of halogens is 1. The van der Waals surface area contributed by atoms with Crippen LogP contribution < -0.4 is 15.4 Å². The van der Waals surface area contributed by atoms with Crippen LogP contribution in [0.2, 0.25) is 5.02 Å². The first-order valence-corrected chi connectivity index (χ1v) is 10.4. The maximum absolute atomic E-state index is 12.5. The van der Waals surface area contributed by atoms with Gasteiger partial charge in [0.2, 0.25) is 0 Å². The minimum atomic E-state index is -0.329. The summed E-state index contributed by atoms with van der Waals surface area (Å²) >= 11 is 11.6. The Kier molecular flexibility index (Phi) is 6.16. The second kappa shape index (κ2) is 9.16. The topological polar surface area (TPSA) is 79.0 Å². The molecule has 0 fully saturated rings. The van der Waals surface area contributed by atoms with Crippen molar-refractivity contribution in [2.45, 2.75) is 6.92 Å². The van der Waals surface area contributed by atoms with Crippen molar-refractivity contribution in [1.82, 2.24) is 15.3 Å². The quantitative estimate of drug-likeness (QED) is 0.354. The van der Waals surface area contributed by atoms with Gasteiger partial charge < -0.3 is 15.0 Å². The number of imidazole rings is 1. The molecule has 1 heterocycles. The van der Waals surface area contributed by atoms with Crippen molar-refractivity contribution in [2.24, 2.45) is 0 Å². The van der Waals surface area contributed by atoms with Crippen LogP contribution in [0.5, 0.6) is 5.75 Å². The van der Waals surface area contributed by atoms with Crippen LogP contribution in [0.4, 0.5) is 5.69 Å². The average Bonchev–Trinajstić information content (AvgIpc) is 3.20. The zero-order valence-corrected chi connectivity index (χ0v) is 18.2. The van der Waals surface area contributed by atoms with E-state index in [1.165, 1.54) is 0 Å². The molecule has 0 saturated carbocycles. The van der Waals surface area contributed by atoms with Crippen molar-refractivity contribution in [3.8, 4) is 17.1 Å². The maximum atomic E-state index is 12.5. The molecule has 156 valence electrons. The number of ether oxygens (including phenoxy) is 1. The van der Waals surface area contributed by atoms with Gasteiger partial charge in [0.05, 0.1) is 28.4 Å². The first-order chi connectivity index (χ1) is 15.0. The van der Waals surface area contributed by atoms with E-state index < -0.39 is 0 Å². The van der Waals surface area contributed by atoms with Gasteiger partial charge >= 0.3 is 0 Å². The Morgan fingerprint density at radius 1 is 1.13 bits per heavy atom. The van der Waals surface area contributed by atoms with Gasteiger partial charge in [0, 0.05) is 11.1 Å². The second-order valence-electron chi connectivity index (χ2n) is 6.66. The number of hydrogen-bond acceptors (Lipinski definition) is 4. The van der Waals surface area contributed by atoms with Gasteiger partial charge in [-0.2, -0.15) is 0 Å². The van der Waals surface area contributed by atoms with Crippen molar-refractivity contribution < 1.29 is 9.53 Å². The van der Waals surface area contributed by atoms with Gasteiger partial charge in [-0.3, -0.25) is 10.1 Å². The van der Waals surface area contributed by atoms with E-state index in [9.17, 15) is 4.79 Å². The highest BCUT2D eigenvalue weighted by atomic mass is 35.5. The number of para-hydroxylation sites is 2. The first kappa shape index (κ1) is 20.8. The molecule has 0 aliphatic rings. The normalized spacial score (nSPS) is 10.6. The predicted octanol–water partition coefficient (Wildman–Crippen LogP) is 5.41. The number of amides is 1. The molecular formula is C23H19ClN4O2S. The Balaban J connectivity index is 1.47. The number of rotatable bonds is 5. The Bertz CT molecular complexity index is 1220. The Morgan fingerprint density at radius 3 is 2.65 bits per heavy atom. The van der Waals surface area contributed by atoms with Gasteiger partial charge in [0.25, 0.3) is 5.91 Å². The number of thiocarbonyl (C=S) groups is 1. The molecule has 6 nitrogen and oxygen atoms in total. The smallest absolute Gasteiger partial charge is 0.257 e. The predicted molar refractivity (Wildman–Crippen MR) is 128 cm³/mol. The average molecular weight is 451 g/mol. The van der Waals surface area contributed by atoms with E-state index in [1.807, 2.05) is 43.3 Å². The molecule has 0 atom stereocenters. The lowest BCUT2D eigenvalue weighted by molar-refractivity contribution is 0.0977. The molecule has 0 spiro atoms. The van der Waals surface area contributed by atoms with Crippen LogP contribution in [0.15, 0.2) is 66.7 Å². The highest BCUT2D eigenvalue weighted by Gasteiger charge is 2.12. The molecular weight excluding hydrogens is 432 g/mol. The molecule has 0 aliphatic carbocycles. The van der Waals surface area contributed by atoms with Crippen LogP contribution in [0.1, 0.15) is 17.3 Å². The molecule has 1 aromatic heterocycles. The Hall–Kier alpha value is -3.42. The molecule has 0 radical (unpaired) electrons. The molecule has 3 N–H and O–H groups in total. The third-order valence-corrected chi connectivity index (χ3v) is 5.07. The highest BCUT2D eigenvalue weighted by Crippen LogP contribution is 2.28. The third kappa shape index (κ3) is 4.84. The fourth-order valence-corrected chi connectivity index (χ4v) is 3.42. The zero-order valence-electron chi connectivity index (χ0n) is 16.6. The number of aromatic nitrogens is 2. The number of benzene rings is 3. The molecule has 0 bridgehead atoms. The number of nitrogens with zero attached hydrogens (tertiary/aromatic N) is 1. The fourth-order valence-electron chi connectivity index (χ4n) is 3.06. The van der Waals surface area contributed by atoms with E-state index in [1.54, 1.807) is 30.3 Å².